The number of nitrogens with one attached hydrogen (secondary N) is 1. The van der Waals surface area contributed by atoms with Crippen LogP contribution >= 0.6 is 0 Å². The molecule has 3 N–H and O–H groups in total. The van der Waals surface area contributed by atoms with Gasteiger partial charge in [0.05, 0.1) is 5.75 Å². The first-order chi connectivity index (χ1) is 6.74. The molecule has 0 aliphatic heterocycles. The molecule has 0 saturated heterocycles. The average molecular weight is 236 g/mol. The van der Waals surface area contributed by atoms with Crippen molar-refractivity contribution >= 4 is 10.0 Å². The van der Waals surface area contributed by atoms with Gasteiger partial charge in [0.2, 0.25) is 10.0 Å². The van der Waals surface area contributed by atoms with Gasteiger partial charge in [-0.3, -0.25) is 0 Å². The van der Waals surface area contributed by atoms with E-state index in [1.54, 1.807) is 0 Å². The summed E-state index contributed by atoms with van der Waals surface area (Å²) >= 11 is 0. The van der Waals surface area contributed by atoms with Gasteiger partial charge in [0.1, 0.15) is 0 Å². The van der Waals surface area contributed by atoms with Crippen LogP contribution in [0, 0.1) is 5.92 Å². The van der Waals surface area contributed by atoms with Gasteiger partial charge >= 0.3 is 0 Å². The molecule has 0 aliphatic rings. The number of hydrogen-bond acceptors (Lipinski definition) is 3. The Hall–Kier alpha value is -0.130. The van der Waals surface area contributed by atoms with E-state index in [1.807, 2.05) is 13.8 Å². The lowest BCUT2D eigenvalue weighted by molar-refractivity contribution is 0.344. The van der Waals surface area contributed by atoms with E-state index < -0.39 is 15.6 Å². The summed E-state index contributed by atoms with van der Waals surface area (Å²) in [4.78, 5) is 0. The van der Waals surface area contributed by atoms with E-state index in [1.165, 1.54) is 0 Å². The fourth-order valence-electron chi connectivity index (χ4n) is 1.76. The van der Waals surface area contributed by atoms with Gasteiger partial charge in [-0.05, 0) is 25.7 Å². The monoisotopic (exact) mass is 236 g/mol. The van der Waals surface area contributed by atoms with Crippen LogP contribution in [-0.4, -0.2) is 26.3 Å². The maximum atomic E-state index is 11.6. The van der Waals surface area contributed by atoms with Crippen molar-refractivity contribution in [1.82, 2.24) is 4.72 Å². The van der Waals surface area contributed by atoms with Crippen molar-refractivity contribution in [2.45, 2.75) is 46.1 Å². The van der Waals surface area contributed by atoms with Crippen molar-refractivity contribution in [3.05, 3.63) is 0 Å². The topological polar surface area (TPSA) is 72.2 Å². The highest BCUT2D eigenvalue weighted by Crippen LogP contribution is 2.16. The summed E-state index contributed by atoms with van der Waals surface area (Å²) in [6.07, 6.45) is 1.38. The van der Waals surface area contributed by atoms with Crippen molar-refractivity contribution in [3.63, 3.8) is 0 Å². The molecule has 0 rings (SSSR count). The zero-order valence-electron chi connectivity index (χ0n) is 10.2. The molecular weight excluding hydrogens is 212 g/mol. The summed E-state index contributed by atoms with van der Waals surface area (Å²) in [5.74, 6) is 0.587. The molecule has 0 heterocycles. The number of nitrogens with two attached hydrogens (primary N) is 1. The van der Waals surface area contributed by atoms with Crippen LogP contribution in [0.4, 0.5) is 0 Å². The Kier molecular flexibility index (Phi) is 5.77. The van der Waals surface area contributed by atoms with Gasteiger partial charge in [0.15, 0.2) is 0 Å². The van der Waals surface area contributed by atoms with Gasteiger partial charge in [-0.25, -0.2) is 13.1 Å². The van der Waals surface area contributed by atoms with E-state index in [-0.39, 0.29) is 5.75 Å². The second-order valence-electron chi connectivity index (χ2n) is 4.78. The highest BCUT2D eigenvalue weighted by molar-refractivity contribution is 7.89. The average Bonchev–Trinajstić information content (AvgIpc) is 2.01. The fraction of sp³-hybridized carbons (Fsp3) is 1.00. The summed E-state index contributed by atoms with van der Waals surface area (Å²) in [6, 6.07) is 0. The molecule has 1 atom stereocenters. The molecule has 0 aliphatic carbocycles. The first-order valence-corrected chi connectivity index (χ1v) is 7.11. The molecule has 4 nitrogen and oxygen atoms in total. The summed E-state index contributed by atoms with van der Waals surface area (Å²) in [5.41, 5.74) is 5.12. The second-order valence-corrected chi connectivity index (χ2v) is 6.63. The molecule has 1 unspecified atom stereocenters. The van der Waals surface area contributed by atoms with Crippen LogP contribution in [0.2, 0.25) is 0 Å². The van der Waals surface area contributed by atoms with Gasteiger partial charge < -0.3 is 5.73 Å². The minimum absolute atomic E-state index is 0.167. The smallest absolute Gasteiger partial charge is 0.212 e. The highest BCUT2D eigenvalue weighted by atomic mass is 32.2. The Morgan fingerprint density at radius 2 is 1.93 bits per heavy atom. The van der Waals surface area contributed by atoms with Crippen LogP contribution in [0.1, 0.15) is 40.5 Å². The van der Waals surface area contributed by atoms with Crippen molar-refractivity contribution in [1.29, 1.82) is 0 Å². The molecule has 0 amide bonds. The van der Waals surface area contributed by atoms with Gasteiger partial charge in [0, 0.05) is 12.1 Å². The predicted octanol–water partition coefficient (Wildman–Crippen LogP) is 1.08. The third kappa shape index (κ3) is 6.12. The van der Waals surface area contributed by atoms with Crippen molar-refractivity contribution in [3.8, 4) is 0 Å². The fourth-order valence-corrected chi connectivity index (χ4v) is 3.32. The van der Waals surface area contributed by atoms with E-state index in [0.29, 0.717) is 18.9 Å². The van der Waals surface area contributed by atoms with Crippen LogP contribution in [0.3, 0.4) is 0 Å². The van der Waals surface area contributed by atoms with Crippen LogP contribution in [0.15, 0.2) is 0 Å². The third-order valence-corrected chi connectivity index (χ3v) is 3.93. The molecular formula is C10H24N2O2S. The lowest BCUT2D eigenvalue weighted by Gasteiger charge is -2.30. The highest BCUT2D eigenvalue weighted by Gasteiger charge is 2.28. The minimum atomic E-state index is -3.18. The molecule has 0 saturated carbocycles. The maximum absolute atomic E-state index is 11.6. The third-order valence-electron chi connectivity index (χ3n) is 2.18. The molecule has 92 valence electrons. The zero-order chi connectivity index (χ0) is 12.1. The minimum Gasteiger partial charge on any atom is -0.329 e. The van der Waals surface area contributed by atoms with Gasteiger partial charge in [-0.2, -0.15) is 0 Å². The van der Waals surface area contributed by atoms with Crippen LogP contribution in [0.5, 0.6) is 0 Å². The van der Waals surface area contributed by atoms with Crippen LogP contribution in [0.25, 0.3) is 0 Å². The largest absolute Gasteiger partial charge is 0.329 e. The Balaban J connectivity index is 4.56. The second kappa shape index (κ2) is 5.82. The summed E-state index contributed by atoms with van der Waals surface area (Å²) in [5, 5.41) is 0. The summed E-state index contributed by atoms with van der Waals surface area (Å²) < 4.78 is 25.9. The molecule has 0 fully saturated rings. The normalized spacial score (nSPS) is 16.7. The van der Waals surface area contributed by atoms with E-state index in [9.17, 15) is 8.42 Å². The van der Waals surface area contributed by atoms with Gasteiger partial charge in [-0.15, -0.1) is 0 Å². The summed E-state index contributed by atoms with van der Waals surface area (Å²) in [6.45, 7) is 8.15. The van der Waals surface area contributed by atoms with Crippen molar-refractivity contribution in [2.75, 3.05) is 12.3 Å². The quantitative estimate of drug-likeness (QED) is 0.695. The Morgan fingerprint density at radius 3 is 2.27 bits per heavy atom. The molecule has 5 heteroatoms. The molecule has 0 aromatic carbocycles. The predicted molar refractivity (Wildman–Crippen MR) is 64.1 cm³/mol. The number of rotatable bonds is 7. The number of sulfonamides is 1. The standard InChI is InChI=1S/C10H24N2O2S/c1-5-6-15(13,14)12-10(4,8-11)7-9(2)3/h9,12H,5-8,11H2,1-4H3. The first kappa shape index (κ1) is 14.9. The lowest BCUT2D eigenvalue weighted by atomic mass is 9.92. The summed E-state index contributed by atoms with van der Waals surface area (Å²) in [7, 11) is -3.18. The van der Waals surface area contributed by atoms with E-state index >= 15 is 0 Å². The van der Waals surface area contributed by atoms with Crippen molar-refractivity contribution < 1.29 is 8.42 Å². The lowest BCUT2D eigenvalue weighted by Crippen LogP contribution is -2.52. The molecule has 0 bridgehead atoms. The van der Waals surface area contributed by atoms with Gasteiger partial charge in [-0.1, -0.05) is 20.8 Å². The molecule has 15 heavy (non-hydrogen) atoms. The van der Waals surface area contributed by atoms with Gasteiger partial charge in [0.25, 0.3) is 0 Å². The molecule has 0 spiro atoms. The maximum Gasteiger partial charge on any atom is 0.212 e. The van der Waals surface area contributed by atoms with Crippen LogP contribution < -0.4 is 10.5 Å². The molecule has 0 aromatic heterocycles. The first-order valence-electron chi connectivity index (χ1n) is 5.46. The number of hydrogen-bond donors (Lipinski definition) is 2. The molecule has 0 radical (unpaired) electrons. The Labute approximate surface area is 93.7 Å². The van der Waals surface area contributed by atoms with Crippen LogP contribution in [-0.2, 0) is 10.0 Å². The molecule has 0 aromatic rings. The zero-order valence-corrected chi connectivity index (χ0v) is 11.0. The van der Waals surface area contributed by atoms with E-state index in [2.05, 4.69) is 18.6 Å². The Morgan fingerprint density at radius 1 is 1.40 bits per heavy atom. The van der Waals surface area contributed by atoms with Crippen molar-refractivity contribution in [2.24, 2.45) is 11.7 Å². The van der Waals surface area contributed by atoms with E-state index in [0.717, 1.165) is 6.42 Å². The SMILES string of the molecule is CCCS(=O)(=O)NC(C)(CN)CC(C)C. The Bertz CT molecular complexity index is 275. The van der Waals surface area contributed by atoms with E-state index in [4.69, 9.17) is 5.73 Å².